The standard InChI is InChI=1S/C34H38F3N3O5S2/c1-21(2)19-40(4)20-23-10-12-26-28(14-15-44-30(26)16-23)38-32(41)18-29(24-8-6-5-7-9-24)39-47(42,43)33-22(3)27-17-25(45-34(35,36)37)11-13-31(27)46-33/h5-13,16-17,21,28-29,39H,14-15,18-20H2,1-4H3,(H,38,41). The van der Waals surface area contributed by atoms with Gasteiger partial charge >= 0.3 is 6.36 Å². The molecule has 8 nitrogen and oxygen atoms in total. The number of nitrogens with one attached hydrogen (secondary N) is 2. The van der Waals surface area contributed by atoms with Gasteiger partial charge in [0.05, 0.1) is 18.7 Å². The molecular formula is C34H38F3N3O5S2. The number of carbonyl (C=O) groups excluding carboxylic acids is 1. The fraction of sp³-hybridized carbons (Fsp3) is 0.382. The number of carbonyl (C=O) groups is 1. The molecule has 0 spiro atoms. The van der Waals surface area contributed by atoms with E-state index in [1.807, 2.05) is 18.2 Å². The van der Waals surface area contributed by atoms with E-state index in [1.165, 1.54) is 19.1 Å². The molecule has 2 unspecified atom stereocenters. The average Bonchev–Trinajstić information content (AvgIpc) is 3.32. The van der Waals surface area contributed by atoms with Gasteiger partial charge in [0.1, 0.15) is 15.7 Å². The van der Waals surface area contributed by atoms with Gasteiger partial charge < -0.3 is 19.7 Å². The second kappa shape index (κ2) is 14.2. The Morgan fingerprint density at radius 3 is 2.55 bits per heavy atom. The van der Waals surface area contributed by atoms with E-state index >= 15 is 0 Å². The van der Waals surface area contributed by atoms with E-state index in [0.717, 1.165) is 47.4 Å². The smallest absolute Gasteiger partial charge is 0.493 e. The number of halogens is 3. The van der Waals surface area contributed by atoms with Gasteiger partial charge in [-0.2, -0.15) is 0 Å². The highest BCUT2D eigenvalue weighted by Gasteiger charge is 2.32. The van der Waals surface area contributed by atoms with Crippen LogP contribution in [-0.2, 0) is 21.4 Å². The third-order valence-corrected chi connectivity index (χ3v) is 11.2. The van der Waals surface area contributed by atoms with Crippen molar-refractivity contribution in [2.24, 2.45) is 5.92 Å². The van der Waals surface area contributed by atoms with Crippen LogP contribution in [0.2, 0.25) is 0 Å². The lowest BCUT2D eigenvalue weighted by Gasteiger charge is -2.28. The van der Waals surface area contributed by atoms with Crippen molar-refractivity contribution in [3.63, 3.8) is 0 Å². The van der Waals surface area contributed by atoms with Gasteiger partial charge in [-0.25, -0.2) is 13.1 Å². The van der Waals surface area contributed by atoms with Crippen LogP contribution in [0.4, 0.5) is 13.2 Å². The lowest BCUT2D eigenvalue weighted by atomic mass is 9.97. The Bertz CT molecular complexity index is 1830. The van der Waals surface area contributed by atoms with Crippen LogP contribution in [0.15, 0.2) is 70.9 Å². The maximum atomic E-state index is 13.8. The number of alkyl halides is 3. The number of sulfonamides is 1. The van der Waals surface area contributed by atoms with Crippen LogP contribution >= 0.6 is 11.3 Å². The number of nitrogens with zero attached hydrogens (tertiary/aromatic N) is 1. The van der Waals surface area contributed by atoms with Gasteiger partial charge in [0.25, 0.3) is 10.0 Å². The zero-order chi connectivity index (χ0) is 33.9. The minimum Gasteiger partial charge on any atom is -0.493 e. The average molecular weight is 690 g/mol. The largest absolute Gasteiger partial charge is 0.573 e. The molecule has 1 aliphatic heterocycles. The zero-order valence-corrected chi connectivity index (χ0v) is 28.2. The van der Waals surface area contributed by atoms with Gasteiger partial charge in [-0.05, 0) is 60.8 Å². The molecule has 4 aromatic rings. The predicted octanol–water partition coefficient (Wildman–Crippen LogP) is 7.25. The van der Waals surface area contributed by atoms with Crippen LogP contribution < -0.4 is 19.5 Å². The van der Waals surface area contributed by atoms with Crippen LogP contribution in [0.1, 0.15) is 61.0 Å². The lowest BCUT2D eigenvalue weighted by molar-refractivity contribution is -0.274. The van der Waals surface area contributed by atoms with Crippen molar-refractivity contribution in [2.45, 2.75) is 62.8 Å². The minimum atomic E-state index is -4.88. The molecule has 1 aromatic heterocycles. The fourth-order valence-corrected chi connectivity index (χ4v) is 8.89. The monoisotopic (exact) mass is 689 g/mol. The molecule has 2 heterocycles. The van der Waals surface area contributed by atoms with E-state index in [-0.39, 0.29) is 28.1 Å². The third kappa shape index (κ3) is 8.83. The Balaban J connectivity index is 1.34. The van der Waals surface area contributed by atoms with Crippen molar-refractivity contribution in [2.75, 3.05) is 20.2 Å². The van der Waals surface area contributed by atoms with Crippen LogP contribution in [0.5, 0.6) is 11.5 Å². The molecule has 0 fully saturated rings. The number of rotatable bonds is 12. The Kier molecular flexibility index (Phi) is 10.5. The summed E-state index contributed by atoms with van der Waals surface area (Å²) >= 11 is 0.937. The molecule has 1 aliphatic rings. The zero-order valence-electron chi connectivity index (χ0n) is 26.6. The van der Waals surface area contributed by atoms with Crippen LogP contribution in [0.25, 0.3) is 10.1 Å². The van der Waals surface area contributed by atoms with Gasteiger partial charge in [-0.15, -0.1) is 24.5 Å². The molecule has 13 heteroatoms. The maximum absolute atomic E-state index is 13.8. The van der Waals surface area contributed by atoms with E-state index in [1.54, 1.807) is 30.3 Å². The molecule has 0 saturated carbocycles. The molecular weight excluding hydrogens is 652 g/mol. The summed E-state index contributed by atoms with van der Waals surface area (Å²) in [6.07, 6.45) is -4.49. The topological polar surface area (TPSA) is 97.0 Å². The summed E-state index contributed by atoms with van der Waals surface area (Å²) in [4.78, 5) is 15.8. The molecule has 2 N–H and O–H groups in total. The van der Waals surface area contributed by atoms with E-state index in [4.69, 9.17) is 4.74 Å². The second-order valence-corrected chi connectivity index (χ2v) is 15.2. The maximum Gasteiger partial charge on any atom is 0.573 e. The van der Waals surface area contributed by atoms with Crippen molar-refractivity contribution in [3.8, 4) is 11.5 Å². The highest BCUT2D eigenvalue weighted by Crippen LogP contribution is 2.38. The van der Waals surface area contributed by atoms with Crippen molar-refractivity contribution in [1.82, 2.24) is 14.9 Å². The summed E-state index contributed by atoms with van der Waals surface area (Å²) in [5.74, 6) is 0.482. The molecule has 252 valence electrons. The number of hydrogen-bond acceptors (Lipinski definition) is 7. The molecule has 3 aromatic carbocycles. The van der Waals surface area contributed by atoms with Gasteiger partial charge in [0.2, 0.25) is 5.91 Å². The van der Waals surface area contributed by atoms with E-state index < -0.39 is 28.2 Å². The number of aryl methyl sites for hydroxylation is 1. The first-order valence-corrected chi connectivity index (χ1v) is 17.6. The lowest BCUT2D eigenvalue weighted by Crippen LogP contribution is -2.36. The summed E-state index contributed by atoms with van der Waals surface area (Å²) in [6.45, 7) is 8.04. The number of ether oxygens (including phenoxy) is 2. The molecule has 5 rings (SSSR count). The quantitative estimate of drug-likeness (QED) is 0.163. The molecule has 0 aliphatic carbocycles. The minimum absolute atomic E-state index is 0.0498. The first kappa shape index (κ1) is 34.7. The molecule has 47 heavy (non-hydrogen) atoms. The first-order valence-electron chi connectivity index (χ1n) is 15.3. The fourth-order valence-electron chi connectivity index (χ4n) is 5.91. The van der Waals surface area contributed by atoms with Crippen LogP contribution in [0, 0.1) is 12.8 Å². The highest BCUT2D eigenvalue weighted by atomic mass is 32.2. The van der Waals surface area contributed by atoms with Gasteiger partial charge in [-0.3, -0.25) is 4.79 Å². The van der Waals surface area contributed by atoms with Crippen LogP contribution in [-0.4, -0.2) is 45.8 Å². The number of thiophene rings is 1. The van der Waals surface area contributed by atoms with Gasteiger partial charge in [-0.1, -0.05) is 56.3 Å². The van der Waals surface area contributed by atoms with E-state index in [2.05, 4.69) is 40.6 Å². The Morgan fingerprint density at radius 1 is 1.11 bits per heavy atom. The van der Waals surface area contributed by atoms with Crippen molar-refractivity contribution in [3.05, 3.63) is 89.0 Å². The molecule has 2 atom stereocenters. The Morgan fingerprint density at radius 2 is 1.85 bits per heavy atom. The van der Waals surface area contributed by atoms with E-state index in [0.29, 0.717) is 34.6 Å². The summed E-state index contributed by atoms with van der Waals surface area (Å²) in [5, 5.41) is 3.41. The second-order valence-electron chi connectivity index (χ2n) is 12.2. The summed E-state index contributed by atoms with van der Waals surface area (Å²) in [5.41, 5.74) is 2.85. The number of fused-ring (bicyclic) bond motifs is 2. The predicted molar refractivity (Wildman–Crippen MR) is 176 cm³/mol. The normalized spacial score (nSPS) is 15.8. The molecule has 1 amide bonds. The number of hydrogen-bond donors (Lipinski definition) is 2. The SMILES string of the molecule is Cc1c(S(=O)(=O)NC(CC(=O)NC2CCOc3cc(CN(C)CC(C)C)ccc32)c2ccccc2)sc2ccc(OC(F)(F)F)cc12. The molecule has 0 radical (unpaired) electrons. The van der Waals surface area contributed by atoms with Crippen LogP contribution in [0.3, 0.4) is 0 Å². The third-order valence-electron chi connectivity index (χ3n) is 7.81. The number of benzene rings is 3. The van der Waals surface area contributed by atoms with Gasteiger partial charge in [0, 0.05) is 41.6 Å². The summed E-state index contributed by atoms with van der Waals surface area (Å²) in [6, 6.07) is 17.3. The van der Waals surface area contributed by atoms with E-state index in [9.17, 15) is 26.4 Å². The highest BCUT2D eigenvalue weighted by molar-refractivity contribution is 7.91. The molecule has 0 bridgehead atoms. The Hall–Kier alpha value is -3.65. The van der Waals surface area contributed by atoms with Crippen molar-refractivity contribution in [1.29, 1.82) is 0 Å². The first-order chi connectivity index (χ1) is 22.2. The number of amides is 1. The summed E-state index contributed by atoms with van der Waals surface area (Å²) in [7, 11) is -2.12. The molecule has 0 saturated heterocycles. The van der Waals surface area contributed by atoms with Gasteiger partial charge in [0.15, 0.2) is 0 Å². The van der Waals surface area contributed by atoms with Crippen molar-refractivity contribution >= 4 is 37.4 Å². The van der Waals surface area contributed by atoms with Crippen molar-refractivity contribution < 1.29 is 35.9 Å². The Labute approximate surface area is 276 Å². The summed E-state index contributed by atoms with van der Waals surface area (Å²) < 4.78 is 79.0.